The van der Waals surface area contributed by atoms with Crippen LogP contribution in [-0.2, 0) is 11.2 Å². The fourth-order valence-corrected chi connectivity index (χ4v) is 4.70. The number of ether oxygens (including phenoxy) is 2. The van der Waals surface area contributed by atoms with Crippen molar-refractivity contribution in [3.8, 4) is 11.5 Å². The van der Waals surface area contributed by atoms with Crippen molar-refractivity contribution in [1.82, 2.24) is 9.88 Å². The summed E-state index contributed by atoms with van der Waals surface area (Å²) in [7, 11) is 0. The molecule has 0 atom stereocenters. The van der Waals surface area contributed by atoms with Crippen LogP contribution in [0.1, 0.15) is 50.5 Å². The third kappa shape index (κ3) is 5.32. The van der Waals surface area contributed by atoms with Crippen molar-refractivity contribution in [2.45, 2.75) is 52.2 Å². The number of rotatable bonds is 5. The summed E-state index contributed by atoms with van der Waals surface area (Å²) in [5.74, 6) is 0.519. The monoisotopic (exact) mass is 526 g/mol. The van der Waals surface area contributed by atoms with Gasteiger partial charge in [-0.05, 0) is 70.2 Å². The zero-order valence-electron chi connectivity index (χ0n) is 21.3. The number of fused-ring (bicyclic) bond motifs is 2. The van der Waals surface area contributed by atoms with Crippen molar-refractivity contribution in [2.24, 2.45) is 16.1 Å². The van der Waals surface area contributed by atoms with Gasteiger partial charge in [-0.1, -0.05) is 0 Å². The van der Waals surface area contributed by atoms with Gasteiger partial charge < -0.3 is 23.9 Å². The Morgan fingerprint density at radius 1 is 1.24 bits per heavy atom. The predicted molar refractivity (Wildman–Crippen MR) is 135 cm³/mol. The van der Waals surface area contributed by atoms with E-state index >= 15 is 0 Å². The maximum Gasteiger partial charge on any atom is 0.410 e. The number of aromatic hydroxyl groups is 1. The van der Waals surface area contributed by atoms with Crippen LogP contribution >= 0.6 is 0 Å². The molecule has 11 heteroatoms. The SMILES string of the molecule is CC(C)(C)OC(=O)N1CCC(Cc2c(OC(F)F)ccc3c(O)c(C=C4N=Nc5ncccc54)oc23)CC1. The first-order valence-electron chi connectivity index (χ1n) is 12.4. The summed E-state index contributed by atoms with van der Waals surface area (Å²) < 4.78 is 42.8. The Bertz CT molecular complexity index is 1420. The van der Waals surface area contributed by atoms with E-state index in [1.165, 1.54) is 12.1 Å². The molecule has 1 aromatic carbocycles. The Kier molecular flexibility index (Phi) is 6.77. The Labute approximate surface area is 217 Å². The lowest BCUT2D eigenvalue weighted by atomic mass is 9.89. The standard InChI is InChI=1S/C27H28F2N4O5/c1-27(2,3)38-26(35)33-11-8-15(9-12-33)13-18-20(37-25(28)29)7-6-17-22(34)21(36-23(17)18)14-19-16-5-4-10-30-24(16)32-31-19/h4-7,10,14-15,25,34H,8-9,11-13H2,1-3H3. The molecule has 0 saturated carbocycles. The number of aromatic nitrogens is 1. The van der Waals surface area contributed by atoms with Crippen molar-refractivity contribution in [2.75, 3.05) is 13.1 Å². The van der Waals surface area contributed by atoms with Crippen LogP contribution in [0.25, 0.3) is 22.7 Å². The van der Waals surface area contributed by atoms with Crippen LogP contribution in [0.15, 0.2) is 45.1 Å². The summed E-state index contributed by atoms with van der Waals surface area (Å²) in [5.41, 5.74) is 1.27. The number of nitrogens with zero attached hydrogens (tertiary/aromatic N) is 4. The van der Waals surface area contributed by atoms with Crippen molar-refractivity contribution in [3.63, 3.8) is 0 Å². The molecule has 38 heavy (non-hydrogen) atoms. The summed E-state index contributed by atoms with van der Waals surface area (Å²) in [4.78, 5) is 18.2. The van der Waals surface area contributed by atoms with Gasteiger partial charge in [0.25, 0.3) is 0 Å². The molecular formula is C27H28F2N4O5. The number of alkyl halides is 2. The van der Waals surface area contributed by atoms with Crippen LogP contribution in [-0.4, -0.2) is 46.4 Å². The quantitative estimate of drug-likeness (QED) is 0.386. The Balaban J connectivity index is 1.43. The molecule has 0 unspecified atom stereocenters. The molecule has 1 amide bonds. The van der Waals surface area contributed by atoms with Crippen molar-refractivity contribution >= 4 is 34.7 Å². The van der Waals surface area contributed by atoms with E-state index in [-0.39, 0.29) is 34.9 Å². The molecule has 1 saturated heterocycles. The van der Waals surface area contributed by atoms with E-state index in [9.17, 15) is 18.7 Å². The number of piperidine rings is 1. The fourth-order valence-electron chi connectivity index (χ4n) is 4.70. The minimum Gasteiger partial charge on any atom is -0.504 e. The Hall–Kier alpha value is -4.02. The molecule has 1 fully saturated rings. The number of pyridine rings is 1. The number of carbonyl (C=O) groups is 1. The molecule has 9 nitrogen and oxygen atoms in total. The summed E-state index contributed by atoms with van der Waals surface area (Å²) in [6, 6.07) is 6.47. The fraction of sp³-hybridized carbons (Fsp3) is 0.407. The van der Waals surface area contributed by atoms with Crippen LogP contribution < -0.4 is 4.74 Å². The smallest absolute Gasteiger partial charge is 0.410 e. The molecule has 0 spiro atoms. The first-order chi connectivity index (χ1) is 18.1. The third-order valence-corrected chi connectivity index (χ3v) is 6.48. The average Bonchev–Trinajstić information content (AvgIpc) is 3.41. The maximum absolute atomic E-state index is 13.3. The zero-order chi connectivity index (χ0) is 27.0. The van der Waals surface area contributed by atoms with Crippen molar-refractivity contribution in [3.05, 3.63) is 47.3 Å². The van der Waals surface area contributed by atoms with Crippen LogP contribution in [0.4, 0.5) is 19.4 Å². The van der Waals surface area contributed by atoms with E-state index in [0.717, 1.165) is 0 Å². The number of benzene rings is 1. The lowest BCUT2D eigenvalue weighted by molar-refractivity contribution is -0.0505. The molecule has 2 aromatic heterocycles. The number of hydrogen-bond donors (Lipinski definition) is 1. The Morgan fingerprint density at radius 3 is 2.71 bits per heavy atom. The number of hydrogen-bond acceptors (Lipinski definition) is 8. The van der Waals surface area contributed by atoms with Gasteiger partial charge in [0, 0.05) is 36.5 Å². The molecule has 0 radical (unpaired) electrons. The lowest BCUT2D eigenvalue weighted by Crippen LogP contribution is -2.42. The number of likely N-dealkylation sites (tertiary alicyclic amines) is 1. The van der Waals surface area contributed by atoms with E-state index in [1.807, 2.05) is 20.8 Å². The van der Waals surface area contributed by atoms with E-state index < -0.39 is 12.2 Å². The van der Waals surface area contributed by atoms with Gasteiger partial charge in [-0.3, -0.25) is 0 Å². The molecule has 4 heterocycles. The van der Waals surface area contributed by atoms with Gasteiger partial charge in [-0.15, -0.1) is 10.2 Å². The molecule has 200 valence electrons. The maximum atomic E-state index is 13.3. The highest BCUT2D eigenvalue weighted by Gasteiger charge is 2.29. The number of carbonyl (C=O) groups excluding carboxylic acids is 1. The van der Waals surface area contributed by atoms with Crippen LogP contribution in [0, 0.1) is 5.92 Å². The first-order valence-corrected chi connectivity index (χ1v) is 12.4. The highest BCUT2D eigenvalue weighted by Crippen LogP contribution is 2.43. The average molecular weight is 527 g/mol. The minimum atomic E-state index is -3.02. The summed E-state index contributed by atoms with van der Waals surface area (Å²) in [5, 5.41) is 19.4. The molecular weight excluding hydrogens is 498 g/mol. The Morgan fingerprint density at radius 2 is 2.00 bits per heavy atom. The molecule has 2 aliphatic heterocycles. The largest absolute Gasteiger partial charge is 0.504 e. The zero-order valence-corrected chi connectivity index (χ0v) is 21.3. The second-order valence-electron chi connectivity index (χ2n) is 10.3. The van der Waals surface area contributed by atoms with Gasteiger partial charge in [0.2, 0.25) is 0 Å². The third-order valence-electron chi connectivity index (χ3n) is 6.48. The minimum absolute atomic E-state index is 0.00914. The highest BCUT2D eigenvalue weighted by atomic mass is 19.3. The summed E-state index contributed by atoms with van der Waals surface area (Å²) >= 11 is 0. The van der Waals surface area contributed by atoms with Gasteiger partial charge in [0.15, 0.2) is 17.3 Å². The normalized spacial score (nSPS) is 17.0. The van der Waals surface area contributed by atoms with E-state index in [4.69, 9.17) is 13.9 Å². The number of amides is 1. The van der Waals surface area contributed by atoms with Gasteiger partial charge in [-0.25, -0.2) is 9.78 Å². The number of halogens is 2. The van der Waals surface area contributed by atoms with Crippen LogP contribution in [0.2, 0.25) is 0 Å². The molecule has 3 aromatic rings. The van der Waals surface area contributed by atoms with Gasteiger partial charge in [0.05, 0.1) is 5.39 Å². The topological polar surface area (TPSA) is 110 Å². The molecule has 0 aliphatic carbocycles. The lowest BCUT2D eigenvalue weighted by Gasteiger charge is -2.33. The molecule has 0 bridgehead atoms. The van der Waals surface area contributed by atoms with Crippen molar-refractivity contribution < 1.29 is 32.6 Å². The van der Waals surface area contributed by atoms with Crippen LogP contribution in [0.3, 0.4) is 0 Å². The van der Waals surface area contributed by atoms with E-state index in [0.29, 0.717) is 60.4 Å². The second-order valence-corrected chi connectivity index (χ2v) is 10.3. The van der Waals surface area contributed by atoms with Gasteiger partial charge in [0.1, 0.15) is 22.6 Å². The number of furan rings is 1. The highest BCUT2D eigenvalue weighted by molar-refractivity contribution is 5.95. The summed E-state index contributed by atoms with van der Waals surface area (Å²) in [6.07, 6.45) is 4.46. The van der Waals surface area contributed by atoms with Crippen molar-refractivity contribution in [1.29, 1.82) is 0 Å². The van der Waals surface area contributed by atoms with Gasteiger partial charge in [-0.2, -0.15) is 8.78 Å². The number of azo groups is 1. The predicted octanol–water partition coefficient (Wildman–Crippen LogP) is 6.92. The molecule has 1 N–H and O–H groups in total. The van der Waals surface area contributed by atoms with Crippen LogP contribution in [0.5, 0.6) is 11.5 Å². The van der Waals surface area contributed by atoms with E-state index in [2.05, 4.69) is 15.2 Å². The van der Waals surface area contributed by atoms with Gasteiger partial charge >= 0.3 is 12.7 Å². The molecule has 5 rings (SSSR count). The second kappa shape index (κ2) is 10.0. The van der Waals surface area contributed by atoms with E-state index in [1.54, 1.807) is 29.3 Å². The summed E-state index contributed by atoms with van der Waals surface area (Å²) in [6.45, 7) is 3.40. The molecule has 2 aliphatic rings. The first kappa shape index (κ1) is 25.6.